The van der Waals surface area contributed by atoms with Gasteiger partial charge in [0.25, 0.3) is 0 Å². The summed E-state index contributed by atoms with van der Waals surface area (Å²) >= 11 is 1.56. The van der Waals surface area contributed by atoms with Gasteiger partial charge in [-0.25, -0.2) is 8.42 Å². The molecule has 3 rings (SSSR count). The maximum Gasteiger partial charge on any atom is 0.248 e. The van der Waals surface area contributed by atoms with Crippen molar-refractivity contribution in [3.05, 3.63) is 33.8 Å². The van der Waals surface area contributed by atoms with Crippen LogP contribution in [0.3, 0.4) is 0 Å². The molecule has 1 atom stereocenters. The number of carbonyl (C=O) groups excluding carboxylic acids is 1. The predicted octanol–water partition coefficient (Wildman–Crippen LogP) is 1.99. The maximum absolute atomic E-state index is 12.8. The molecule has 9 heteroatoms. The van der Waals surface area contributed by atoms with Crippen molar-refractivity contribution in [3.8, 4) is 0 Å². The second-order valence-electron chi connectivity index (χ2n) is 6.12. The van der Waals surface area contributed by atoms with Crippen LogP contribution in [0, 0.1) is 13.8 Å². The fraction of sp³-hybridized carbons (Fsp3) is 0.500. The molecule has 0 saturated carbocycles. The molecule has 0 bridgehead atoms. The van der Waals surface area contributed by atoms with Crippen molar-refractivity contribution in [2.24, 2.45) is 0 Å². The van der Waals surface area contributed by atoms with Crippen molar-refractivity contribution >= 4 is 27.3 Å². The first kappa shape index (κ1) is 18.1. The topological polar surface area (TPSA) is 83.7 Å². The number of hydrogen-bond acceptors (Lipinski definition) is 6. The molecule has 0 spiro atoms. The van der Waals surface area contributed by atoms with E-state index in [0.717, 1.165) is 4.88 Å². The summed E-state index contributed by atoms with van der Waals surface area (Å²) in [6.45, 7) is 6.42. The minimum Gasteiger partial charge on any atom is -0.360 e. The van der Waals surface area contributed by atoms with Crippen LogP contribution in [0.25, 0.3) is 0 Å². The van der Waals surface area contributed by atoms with E-state index in [2.05, 4.69) is 5.16 Å². The number of carbonyl (C=O) groups is 1. The number of aromatic nitrogens is 1. The highest BCUT2D eigenvalue weighted by Gasteiger charge is 2.35. The molecule has 7 nitrogen and oxygen atoms in total. The molecule has 3 heterocycles. The smallest absolute Gasteiger partial charge is 0.248 e. The number of rotatable bonds is 4. The van der Waals surface area contributed by atoms with Gasteiger partial charge in [0, 0.05) is 31.1 Å². The van der Waals surface area contributed by atoms with Crippen molar-refractivity contribution in [3.63, 3.8) is 0 Å². The molecule has 0 aromatic carbocycles. The zero-order chi connectivity index (χ0) is 18.2. The molecule has 1 saturated heterocycles. The minimum atomic E-state index is -3.65. The third-order valence-corrected chi connectivity index (χ3v) is 7.66. The highest BCUT2D eigenvalue weighted by molar-refractivity contribution is 7.89. The number of sulfonamides is 1. The Labute approximate surface area is 151 Å². The molecule has 2 aromatic heterocycles. The molecule has 136 valence electrons. The standard InChI is InChI=1S/C16H21N3O4S2/c1-11(14-5-4-10-24-14)16(20)18-6-8-19(9-7-18)25(21,22)15-12(2)17-23-13(15)3/h4-5,10-11H,6-9H2,1-3H3. The van der Waals surface area contributed by atoms with E-state index < -0.39 is 10.0 Å². The Kier molecular flexibility index (Phi) is 4.99. The lowest BCUT2D eigenvalue weighted by Gasteiger charge is -2.35. The van der Waals surface area contributed by atoms with Crippen molar-refractivity contribution < 1.29 is 17.7 Å². The summed E-state index contributed by atoms with van der Waals surface area (Å²) in [5.41, 5.74) is 0.363. The summed E-state index contributed by atoms with van der Waals surface area (Å²) in [4.78, 5) is 15.5. The van der Waals surface area contributed by atoms with Crippen LogP contribution in [0.1, 0.15) is 29.2 Å². The van der Waals surface area contributed by atoms with Crippen molar-refractivity contribution in [2.75, 3.05) is 26.2 Å². The number of nitrogens with zero attached hydrogens (tertiary/aromatic N) is 3. The van der Waals surface area contributed by atoms with Gasteiger partial charge in [0.2, 0.25) is 15.9 Å². The van der Waals surface area contributed by atoms with E-state index in [0.29, 0.717) is 24.5 Å². The quantitative estimate of drug-likeness (QED) is 0.806. The third-order valence-electron chi connectivity index (χ3n) is 4.46. The molecule has 1 amide bonds. The van der Waals surface area contributed by atoms with E-state index in [1.165, 1.54) is 4.31 Å². The molecule has 2 aromatic rings. The second-order valence-corrected chi connectivity index (χ2v) is 8.97. The van der Waals surface area contributed by atoms with Crippen LogP contribution in [0.15, 0.2) is 26.9 Å². The van der Waals surface area contributed by atoms with Crippen molar-refractivity contribution in [1.29, 1.82) is 0 Å². The zero-order valence-electron chi connectivity index (χ0n) is 14.4. The first-order valence-electron chi connectivity index (χ1n) is 8.07. The fourth-order valence-electron chi connectivity index (χ4n) is 3.05. The average molecular weight is 383 g/mol. The van der Waals surface area contributed by atoms with Gasteiger partial charge in [0.15, 0.2) is 5.76 Å². The lowest BCUT2D eigenvalue weighted by molar-refractivity contribution is -0.133. The molecular formula is C16H21N3O4S2. The molecule has 25 heavy (non-hydrogen) atoms. The normalized spacial score (nSPS) is 17.6. The van der Waals surface area contributed by atoms with Crippen molar-refractivity contribution in [2.45, 2.75) is 31.6 Å². The van der Waals surface area contributed by atoms with Gasteiger partial charge in [0.05, 0.1) is 5.92 Å². The van der Waals surface area contributed by atoms with Crippen LogP contribution in [0.4, 0.5) is 0 Å². The van der Waals surface area contributed by atoms with E-state index in [9.17, 15) is 13.2 Å². The van der Waals surface area contributed by atoms with E-state index in [1.54, 1.807) is 30.1 Å². The summed E-state index contributed by atoms with van der Waals surface area (Å²) in [6, 6.07) is 3.88. The van der Waals surface area contributed by atoms with Gasteiger partial charge < -0.3 is 9.42 Å². The second kappa shape index (κ2) is 6.89. The Morgan fingerprint density at radius 1 is 1.28 bits per heavy atom. The van der Waals surface area contributed by atoms with Gasteiger partial charge in [-0.3, -0.25) is 4.79 Å². The Hall–Kier alpha value is -1.71. The minimum absolute atomic E-state index is 0.0387. The Bertz CT molecular complexity index is 831. The predicted molar refractivity (Wildman–Crippen MR) is 94.0 cm³/mol. The zero-order valence-corrected chi connectivity index (χ0v) is 16.1. The fourth-order valence-corrected chi connectivity index (χ4v) is 5.54. The van der Waals surface area contributed by atoms with Gasteiger partial charge >= 0.3 is 0 Å². The van der Waals surface area contributed by atoms with E-state index in [4.69, 9.17) is 4.52 Å². The SMILES string of the molecule is Cc1noc(C)c1S(=O)(=O)N1CCN(C(=O)C(C)c2cccs2)CC1. The Morgan fingerprint density at radius 2 is 1.96 bits per heavy atom. The van der Waals surface area contributed by atoms with Crippen LogP contribution >= 0.6 is 11.3 Å². The van der Waals surface area contributed by atoms with Crippen LogP contribution in [0.2, 0.25) is 0 Å². The molecule has 0 radical (unpaired) electrons. The first-order chi connectivity index (χ1) is 11.8. The molecule has 1 fully saturated rings. The number of aryl methyl sites for hydroxylation is 2. The third kappa shape index (κ3) is 3.36. The first-order valence-corrected chi connectivity index (χ1v) is 10.4. The van der Waals surface area contributed by atoms with Gasteiger partial charge in [-0.15, -0.1) is 11.3 Å². The summed E-state index contributed by atoms with van der Waals surface area (Å²) in [7, 11) is -3.65. The van der Waals surface area contributed by atoms with Gasteiger partial charge in [-0.1, -0.05) is 11.2 Å². The number of piperazine rings is 1. The molecule has 1 unspecified atom stereocenters. The summed E-state index contributed by atoms with van der Waals surface area (Å²) < 4.78 is 32.0. The molecule has 1 aliphatic heterocycles. The Morgan fingerprint density at radius 3 is 2.48 bits per heavy atom. The monoisotopic (exact) mass is 383 g/mol. The highest BCUT2D eigenvalue weighted by atomic mass is 32.2. The summed E-state index contributed by atoms with van der Waals surface area (Å²) in [5, 5.41) is 5.68. The van der Waals surface area contributed by atoms with Crippen molar-refractivity contribution in [1.82, 2.24) is 14.4 Å². The van der Waals surface area contributed by atoms with E-state index in [-0.39, 0.29) is 29.8 Å². The van der Waals surface area contributed by atoms with Crippen LogP contribution in [-0.2, 0) is 14.8 Å². The maximum atomic E-state index is 12.8. The largest absolute Gasteiger partial charge is 0.360 e. The molecule has 0 N–H and O–H groups in total. The summed E-state index contributed by atoms with van der Waals surface area (Å²) in [6.07, 6.45) is 0. The molecule has 1 aliphatic rings. The van der Waals surface area contributed by atoms with Crippen LogP contribution in [0.5, 0.6) is 0 Å². The van der Waals surface area contributed by atoms with Gasteiger partial charge in [-0.2, -0.15) is 4.31 Å². The van der Waals surface area contributed by atoms with Gasteiger partial charge in [0.1, 0.15) is 10.6 Å². The van der Waals surface area contributed by atoms with Crippen LogP contribution in [-0.4, -0.2) is 54.9 Å². The number of amides is 1. The summed E-state index contributed by atoms with van der Waals surface area (Å²) in [5.74, 6) is 0.130. The van der Waals surface area contributed by atoms with E-state index in [1.807, 2.05) is 24.4 Å². The molecule has 0 aliphatic carbocycles. The van der Waals surface area contributed by atoms with Crippen LogP contribution < -0.4 is 0 Å². The average Bonchev–Trinajstić information content (AvgIpc) is 3.24. The number of thiophene rings is 1. The lowest BCUT2D eigenvalue weighted by atomic mass is 10.1. The highest BCUT2D eigenvalue weighted by Crippen LogP contribution is 2.26. The number of hydrogen-bond donors (Lipinski definition) is 0. The van der Waals surface area contributed by atoms with Gasteiger partial charge in [-0.05, 0) is 32.2 Å². The Balaban J connectivity index is 1.69. The van der Waals surface area contributed by atoms with E-state index >= 15 is 0 Å². The molecular weight excluding hydrogens is 362 g/mol. The lowest BCUT2D eigenvalue weighted by Crippen LogP contribution is -2.51.